The van der Waals surface area contributed by atoms with Crippen LogP contribution in [-0.4, -0.2) is 37.5 Å². The SMILES string of the molecule is CCOC(=O)c1nnn(Cc2ncccn2)c1CN. The lowest BCUT2D eigenvalue weighted by atomic mass is 10.3. The minimum atomic E-state index is -0.525. The summed E-state index contributed by atoms with van der Waals surface area (Å²) in [6.45, 7) is 2.44. The number of hydrogen-bond acceptors (Lipinski definition) is 7. The Labute approximate surface area is 109 Å². The number of hydrogen-bond donors (Lipinski definition) is 1. The normalized spacial score (nSPS) is 10.4. The molecule has 2 rings (SSSR count). The molecule has 0 aliphatic carbocycles. The summed E-state index contributed by atoms with van der Waals surface area (Å²) in [5, 5.41) is 7.70. The molecule has 0 unspecified atom stereocenters. The van der Waals surface area contributed by atoms with Gasteiger partial charge >= 0.3 is 5.97 Å². The van der Waals surface area contributed by atoms with Gasteiger partial charge in [0.25, 0.3) is 0 Å². The van der Waals surface area contributed by atoms with Crippen LogP contribution in [0.25, 0.3) is 0 Å². The summed E-state index contributed by atoms with van der Waals surface area (Å²) in [5.41, 5.74) is 6.28. The van der Waals surface area contributed by atoms with Gasteiger partial charge in [0.15, 0.2) is 5.69 Å². The molecule has 0 fully saturated rings. The number of esters is 1. The van der Waals surface area contributed by atoms with Crippen LogP contribution in [0.2, 0.25) is 0 Å². The maximum absolute atomic E-state index is 11.7. The molecule has 2 N–H and O–H groups in total. The van der Waals surface area contributed by atoms with Crippen LogP contribution in [0, 0.1) is 0 Å². The molecule has 2 aromatic rings. The Kier molecular flexibility index (Phi) is 4.14. The van der Waals surface area contributed by atoms with Gasteiger partial charge in [-0.25, -0.2) is 19.4 Å². The summed E-state index contributed by atoms with van der Waals surface area (Å²) in [7, 11) is 0. The van der Waals surface area contributed by atoms with Crippen LogP contribution in [-0.2, 0) is 17.8 Å². The molecule has 0 spiro atoms. The molecule has 0 aliphatic heterocycles. The largest absolute Gasteiger partial charge is 0.461 e. The summed E-state index contributed by atoms with van der Waals surface area (Å²) in [6, 6.07) is 1.72. The standard InChI is InChI=1S/C11H14N6O2/c1-2-19-11(18)10-8(6-12)17(16-15-10)7-9-13-4-3-5-14-9/h3-5H,2,6-7,12H2,1H3. The molecule has 2 aromatic heterocycles. The van der Waals surface area contributed by atoms with Gasteiger partial charge < -0.3 is 10.5 Å². The van der Waals surface area contributed by atoms with Gasteiger partial charge in [-0.15, -0.1) is 5.10 Å². The Hall–Kier alpha value is -2.35. The van der Waals surface area contributed by atoms with Gasteiger partial charge in [-0.2, -0.15) is 0 Å². The first kappa shape index (κ1) is 13.1. The Balaban J connectivity index is 2.25. The number of nitrogens with zero attached hydrogens (tertiary/aromatic N) is 5. The van der Waals surface area contributed by atoms with Crippen LogP contribution in [0.3, 0.4) is 0 Å². The van der Waals surface area contributed by atoms with E-state index in [2.05, 4.69) is 20.3 Å². The fourth-order valence-corrected chi connectivity index (χ4v) is 1.57. The van der Waals surface area contributed by atoms with Gasteiger partial charge in [0.2, 0.25) is 0 Å². The summed E-state index contributed by atoms with van der Waals surface area (Å²) < 4.78 is 6.39. The highest BCUT2D eigenvalue weighted by atomic mass is 16.5. The molecule has 0 atom stereocenters. The van der Waals surface area contributed by atoms with E-state index < -0.39 is 5.97 Å². The highest BCUT2D eigenvalue weighted by Crippen LogP contribution is 2.08. The molecule has 19 heavy (non-hydrogen) atoms. The lowest BCUT2D eigenvalue weighted by Crippen LogP contribution is -2.15. The highest BCUT2D eigenvalue weighted by Gasteiger charge is 2.20. The van der Waals surface area contributed by atoms with Gasteiger partial charge in [0.1, 0.15) is 12.4 Å². The van der Waals surface area contributed by atoms with Crippen LogP contribution in [0.4, 0.5) is 0 Å². The average Bonchev–Trinajstić information content (AvgIpc) is 2.83. The van der Waals surface area contributed by atoms with Crippen molar-refractivity contribution in [2.75, 3.05) is 6.61 Å². The van der Waals surface area contributed by atoms with Crippen LogP contribution < -0.4 is 5.73 Å². The third-order valence-electron chi connectivity index (χ3n) is 2.41. The van der Waals surface area contributed by atoms with Crippen molar-refractivity contribution >= 4 is 5.97 Å². The summed E-state index contributed by atoms with van der Waals surface area (Å²) in [5.74, 6) is 0.0423. The molecular weight excluding hydrogens is 248 g/mol. The first-order chi connectivity index (χ1) is 9.26. The van der Waals surface area contributed by atoms with Crippen molar-refractivity contribution < 1.29 is 9.53 Å². The maximum atomic E-state index is 11.7. The number of carbonyl (C=O) groups is 1. The van der Waals surface area contributed by atoms with Crippen molar-refractivity contribution in [1.82, 2.24) is 25.0 Å². The second kappa shape index (κ2) is 6.01. The topological polar surface area (TPSA) is 109 Å². The predicted octanol–water partition coefficient (Wildman–Crippen LogP) is -0.248. The Morgan fingerprint density at radius 3 is 2.79 bits per heavy atom. The van der Waals surface area contributed by atoms with Crippen molar-refractivity contribution in [3.63, 3.8) is 0 Å². The Morgan fingerprint density at radius 2 is 2.16 bits per heavy atom. The molecule has 8 heteroatoms. The first-order valence-electron chi connectivity index (χ1n) is 5.81. The lowest BCUT2D eigenvalue weighted by Gasteiger charge is -2.04. The fraction of sp³-hybridized carbons (Fsp3) is 0.364. The monoisotopic (exact) mass is 262 g/mol. The highest BCUT2D eigenvalue weighted by molar-refractivity contribution is 5.88. The van der Waals surface area contributed by atoms with E-state index >= 15 is 0 Å². The second-order valence-corrected chi connectivity index (χ2v) is 3.63. The van der Waals surface area contributed by atoms with Crippen LogP contribution in [0.15, 0.2) is 18.5 Å². The van der Waals surface area contributed by atoms with Gasteiger partial charge in [0.05, 0.1) is 12.3 Å². The van der Waals surface area contributed by atoms with Crippen molar-refractivity contribution in [2.24, 2.45) is 5.73 Å². The Morgan fingerprint density at radius 1 is 1.42 bits per heavy atom. The molecule has 0 saturated carbocycles. The van der Waals surface area contributed by atoms with Crippen LogP contribution >= 0.6 is 0 Å². The quantitative estimate of drug-likeness (QED) is 0.740. The fourth-order valence-electron chi connectivity index (χ4n) is 1.57. The van der Waals surface area contributed by atoms with E-state index in [4.69, 9.17) is 10.5 Å². The Bertz CT molecular complexity index is 554. The molecule has 0 radical (unpaired) electrons. The van der Waals surface area contributed by atoms with Crippen molar-refractivity contribution in [1.29, 1.82) is 0 Å². The van der Waals surface area contributed by atoms with E-state index in [1.165, 1.54) is 4.68 Å². The summed E-state index contributed by atoms with van der Waals surface area (Å²) in [4.78, 5) is 19.8. The lowest BCUT2D eigenvalue weighted by molar-refractivity contribution is 0.0518. The minimum absolute atomic E-state index is 0.133. The number of carbonyl (C=O) groups excluding carboxylic acids is 1. The molecule has 100 valence electrons. The van der Waals surface area contributed by atoms with E-state index in [0.717, 1.165) is 0 Å². The predicted molar refractivity (Wildman–Crippen MR) is 65.0 cm³/mol. The van der Waals surface area contributed by atoms with E-state index in [0.29, 0.717) is 18.1 Å². The smallest absolute Gasteiger partial charge is 0.360 e. The molecule has 2 heterocycles. The summed E-state index contributed by atoms with van der Waals surface area (Å²) in [6.07, 6.45) is 3.27. The second-order valence-electron chi connectivity index (χ2n) is 3.63. The van der Waals surface area contributed by atoms with Gasteiger partial charge in [-0.3, -0.25) is 0 Å². The molecule has 0 saturated heterocycles. The molecule has 8 nitrogen and oxygen atoms in total. The van der Waals surface area contributed by atoms with Gasteiger partial charge in [-0.1, -0.05) is 5.21 Å². The minimum Gasteiger partial charge on any atom is -0.461 e. The first-order valence-corrected chi connectivity index (χ1v) is 5.81. The van der Waals surface area contributed by atoms with Crippen LogP contribution in [0.5, 0.6) is 0 Å². The van der Waals surface area contributed by atoms with Gasteiger partial charge in [-0.05, 0) is 13.0 Å². The molecule has 0 amide bonds. The maximum Gasteiger partial charge on any atom is 0.360 e. The van der Waals surface area contributed by atoms with E-state index in [1.807, 2.05) is 0 Å². The molecule has 0 aliphatic rings. The number of nitrogens with two attached hydrogens (primary N) is 1. The van der Waals surface area contributed by atoms with E-state index in [1.54, 1.807) is 25.4 Å². The third-order valence-corrected chi connectivity index (χ3v) is 2.41. The van der Waals surface area contributed by atoms with E-state index in [-0.39, 0.29) is 18.8 Å². The van der Waals surface area contributed by atoms with Crippen LogP contribution in [0.1, 0.15) is 28.9 Å². The van der Waals surface area contributed by atoms with Crippen molar-refractivity contribution in [3.8, 4) is 0 Å². The zero-order valence-corrected chi connectivity index (χ0v) is 10.5. The van der Waals surface area contributed by atoms with E-state index in [9.17, 15) is 4.79 Å². The zero-order chi connectivity index (χ0) is 13.7. The third kappa shape index (κ3) is 2.91. The zero-order valence-electron chi connectivity index (χ0n) is 10.5. The number of rotatable bonds is 5. The number of aromatic nitrogens is 5. The molecular formula is C11H14N6O2. The molecule has 0 bridgehead atoms. The van der Waals surface area contributed by atoms with Crippen molar-refractivity contribution in [2.45, 2.75) is 20.0 Å². The summed E-state index contributed by atoms with van der Waals surface area (Å²) >= 11 is 0. The molecule has 0 aromatic carbocycles. The number of ether oxygens (including phenoxy) is 1. The van der Waals surface area contributed by atoms with Gasteiger partial charge in [0, 0.05) is 18.9 Å². The average molecular weight is 262 g/mol. The van der Waals surface area contributed by atoms with Crippen molar-refractivity contribution in [3.05, 3.63) is 35.7 Å².